The van der Waals surface area contributed by atoms with Crippen LogP contribution in [0.3, 0.4) is 0 Å². The van der Waals surface area contributed by atoms with Crippen molar-refractivity contribution in [3.63, 3.8) is 0 Å². The molecule has 1 aliphatic carbocycles. The van der Waals surface area contributed by atoms with Gasteiger partial charge in [0, 0.05) is 24.1 Å². The quantitative estimate of drug-likeness (QED) is 0.870. The van der Waals surface area contributed by atoms with E-state index in [-0.39, 0.29) is 17.9 Å². The molecule has 1 aromatic rings. The lowest BCUT2D eigenvalue weighted by atomic mass is 9.85. The van der Waals surface area contributed by atoms with Gasteiger partial charge in [-0.15, -0.1) is 0 Å². The summed E-state index contributed by atoms with van der Waals surface area (Å²) in [4.78, 5) is 12.1. The largest absolute Gasteiger partial charge is 0.496 e. The van der Waals surface area contributed by atoms with E-state index in [1.165, 1.54) is 0 Å². The normalized spacial score (nSPS) is 22.8. The summed E-state index contributed by atoms with van der Waals surface area (Å²) in [7, 11) is 1.64. The van der Waals surface area contributed by atoms with Crippen LogP contribution in [0.25, 0.3) is 0 Å². The Morgan fingerprint density at radius 2 is 2.21 bits per heavy atom. The second kappa shape index (κ2) is 6.57. The lowest BCUT2D eigenvalue weighted by Gasteiger charge is -2.25. The zero-order valence-corrected chi connectivity index (χ0v) is 11.4. The number of ether oxygens (including phenoxy) is 1. The monoisotopic (exact) mass is 262 g/mol. The first-order chi connectivity index (χ1) is 9.20. The lowest BCUT2D eigenvalue weighted by Crippen LogP contribution is -2.37. The van der Waals surface area contributed by atoms with Crippen molar-refractivity contribution in [3.05, 3.63) is 29.8 Å². The van der Waals surface area contributed by atoms with Gasteiger partial charge >= 0.3 is 0 Å². The Kier molecular flexibility index (Phi) is 4.80. The van der Waals surface area contributed by atoms with E-state index in [1.54, 1.807) is 7.11 Å². The van der Waals surface area contributed by atoms with E-state index >= 15 is 0 Å². The van der Waals surface area contributed by atoms with Crippen molar-refractivity contribution in [1.82, 2.24) is 5.32 Å². The highest BCUT2D eigenvalue weighted by Crippen LogP contribution is 2.23. The molecule has 0 radical (unpaired) electrons. The first kappa shape index (κ1) is 13.9. The van der Waals surface area contributed by atoms with Crippen LogP contribution in [0.1, 0.15) is 31.2 Å². The third-order valence-corrected chi connectivity index (χ3v) is 3.73. The predicted octanol–water partition coefficient (Wildman–Crippen LogP) is 1.83. The summed E-state index contributed by atoms with van der Waals surface area (Å²) in [5, 5.41) is 2.99. The molecule has 0 saturated heterocycles. The van der Waals surface area contributed by atoms with Gasteiger partial charge in [-0.25, -0.2) is 0 Å². The SMILES string of the molecule is COc1ccccc1CNC(=O)C1CCCC(N)C1. The lowest BCUT2D eigenvalue weighted by molar-refractivity contribution is -0.126. The van der Waals surface area contributed by atoms with Crippen LogP contribution in [0.15, 0.2) is 24.3 Å². The van der Waals surface area contributed by atoms with Crippen molar-refractivity contribution in [3.8, 4) is 5.75 Å². The molecular formula is C15H22N2O2. The number of hydrogen-bond acceptors (Lipinski definition) is 3. The molecule has 19 heavy (non-hydrogen) atoms. The Morgan fingerprint density at radius 3 is 2.95 bits per heavy atom. The number of hydrogen-bond donors (Lipinski definition) is 2. The molecule has 4 nitrogen and oxygen atoms in total. The molecule has 1 amide bonds. The van der Waals surface area contributed by atoms with Gasteiger partial charge in [-0.2, -0.15) is 0 Å². The molecular weight excluding hydrogens is 240 g/mol. The highest BCUT2D eigenvalue weighted by atomic mass is 16.5. The molecule has 3 N–H and O–H groups in total. The van der Waals surface area contributed by atoms with Gasteiger partial charge in [0.2, 0.25) is 5.91 Å². The highest BCUT2D eigenvalue weighted by Gasteiger charge is 2.25. The van der Waals surface area contributed by atoms with Crippen LogP contribution in [0.5, 0.6) is 5.75 Å². The molecule has 0 aromatic heterocycles. The van der Waals surface area contributed by atoms with Crippen LogP contribution in [0.2, 0.25) is 0 Å². The van der Waals surface area contributed by atoms with Crippen molar-refractivity contribution in [1.29, 1.82) is 0 Å². The van der Waals surface area contributed by atoms with Gasteiger partial charge in [0.1, 0.15) is 5.75 Å². The average molecular weight is 262 g/mol. The molecule has 0 heterocycles. The highest BCUT2D eigenvalue weighted by molar-refractivity contribution is 5.78. The van der Waals surface area contributed by atoms with Crippen LogP contribution in [-0.2, 0) is 11.3 Å². The second-order valence-corrected chi connectivity index (χ2v) is 5.15. The number of para-hydroxylation sites is 1. The zero-order valence-electron chi connectivity index (χ0n) is 11.4. The molecule has 2 unspecified atom stereocenters. The first-order valence-electron chi connectivity index (χ1n) is 6.86. The van der Waals surface area contributed by atoms with Crippen LogP contribution in [0.4, 0.5) is 0 Å². The van der Waals surface area contributed by atoms with Crippen LogP contribution >= 0.6 is 0 Å². The zero-order chi connectivity index (χ0) is 13.7. The fourth-order valence-electron chi connectivity index (χ4n) is 2.64. The molecule has 4 heteroatoms. The molecule has 2 rings (SSSR count). The van der Waals surface area contributed by atoms with E-state index in [4.69, 9.17) is 10.5 Å². The van der Waals surface area contributed by atoms with Crippen LogP contribution in [-0.4, -0.2) is 19.1 Å². The summed E-state index contributed by atoms with van der Waals surface area (Å²) in [6, 6.07) is 7.91. The maximum Gasteiger partial charge on any atom is 0.223 e. The summed E-state index contributed by atoms with van der Waals surface area (Å²) >= 11 is 0. The minimum Gasteiger partial charge on any atom is -0.496 e. The fourth-order valence-corrected chi connectivity index (χ4v) is 2.64. The molecule has 0 spiro atoms. The summed E-state index contributed by atoms with van der Waals surface area (Å²) in [5.74, 6) is 0.989. The summed E-state index contributed by atoms with van der Waals surface area (Å²) in [6.07, 6.45) is 3.84. The molecule has 1 fully saturated rings. The smallest absolute Gasteiger partial charge is 0.223 e. The van der Waals surface area contributed by atoms with E-state index in [0.29, 0.717) is 6.54 Å². The standard InChI is InChI=1S/C15H22N2O2/c1-19-14-8-3-2-5-12(14)10-17-15(18)11-6-4-7-13(16)9-11/h2-3,5,8,11,13H,4,6-7,9-10,16H2,1H3,(H,17,18). The van der Waals surface area contributed by atoms with E-state index in [1.807, 2.05) is 24.3 Å². The number of benzene rings is 1. The summed E-state index contributed by atoms with van der Waals surface area (Å²) in [5.41, 5.74) is 6.91. The molecule has 104 valence electrons. The van der Waals surface area contributed by atoms with Gasteiger partial charge in [-0.1, -0.05) is 24.6 Å². The molecule has 1 aliphatic rings. The Hall–Kier alpha value is -1.55. The molecule has 1 aromatic carbocycles. The van der Waals surface area contributed by atoms with Gasteiger partial charge in [0.25, 0.3) is 0 Å². The van der Waals surface area contributed by atoms with Crippen molar-refractivity contribution < 1.29 is 9.53 Å². The topological polar surface area (TPSA) is 64.3 Å². The van der Waals surface area contributed by atoms with Crippen molar-refractivity contribution in [2.45, 2.75) is 38.3 Å². The Balaban J connectivity index is 1.89. The number of nitrogens with two attached hydrogens (primary N) is 1. The van der Waals surface area contributed by atoms with Gasteiger partial charge < -0.3 is 15.8 Å². The predicted molar refractivity (Wildman–Crippen MR) is 74.8 cm³/mol. The maximum absolute atomic E-state index is 12.1. The van der Waals surface area contributed by atoms with Crippen molar-refractivity contribution >= 4 is 5.91 Å². The van der Waals surface area contributed by atoms with Crippen molar-refractivity contribution in [2.24, 2.45) is 11.7 Å². The van der Waals surface area contributed by atoms with E-state index in [2.05, 4.69) is 5.32 Å². The van der Waals surface area contributed by atoms with E-state index in [0.717, 1.165) is 37.0 Å². The third kappa shape index (κ3) is 3.70. The number of nitrogens with one attached hydrogen (secondary N) is 1. The number of rotatable bonds is 4. The Morgan fingerprint density at radius 1 is 1.42 bits per heavy atom. The number of amides is 1. The minimum absolute atomic E-state index is 0.0680. The maximum atomic E-state index is 12.1. The number of carbonyl (C=O) groups excluding carboxylic acids is 1. The summed E-state index contributed by atoms with van der Waals surface area (Å²) < 4.78 is 5.27. The fraction of sp³-hybridized carbons (Fsp3) is 0.533. The van der Waals surface area contributed by atoms with Gasteiger partial charge in [0.15, 0.2) is 0 Å². The molecule has 0 bridgehead atoms. The van der Waals surface area contributed by atoms with Crippen molar-refractivity contribution in [2.75, 3.05) is 7.11 Å². The third-order valence-electron chi connectivity index (χ3n) is 3.73. The first-order valence-corrected chi connectivity index (χ1v) is 6.86. The molecule has 1 saturated carbocycles. The molecule has 0 aliphatic heterocycles. The van der Waals surface area contributed by atoms with E-state index in [9.17, 15) is 4.79 Å². The second-order valence-electron chi connectivity index (χ2n) is 5.15. The van der Waals surface area contributed by atoms with Crippen LogP contribution in [0, 0.1) is 5.92 Å². The number of methoxy groups -OCH3 is 1. The van der Waals surface area contributed by atoms with E-state index < -0.39 is 0 Å². The Bertz CT molecular complexity index is 434. The van der Waals surface area contributed by atoms with Gasteiger partial charge in [-0.3, -0.25) is 4.79 Å². The number of carbonyl (C=O) groups is 1. The van der Waals surface area contributed by atoms with Gasteiger partial charge in [0.05, 0.1) is 7.11 Å². The molecule has 2 atom stereocenters. The van der Waals surface area contributed by atoms with Crippen LogP contribution < -0.4 is 15.8 Å². The average Bonchev–Trinajstić information content (AvgIpc) is 2.45. The minimum atomic E-state index is 0.0680. The summed E-state index contributed by atoms with van der Waals surface area (Å²) in [6.45, 7) is 0.509. The Labute approximate surface area is 114 Å². The van der Waals surface area contributed by atoms with Gasteiger partial charge in [-0.05, 0) is 25.3 Å².